The van der Waals surface area contributed by atoms with Crippen molar-refractivity contribution in [1.82, 2.24) is 104 Å². The summed E-state index contributed by atoms with van der Waals surface area (Å²) in [6, 6.07) is 21.5. The number of likely N-dealkylation sites (N-methyl/N-ethyl adjacent to an activating group) is 1. The molecule has 3 aromatic carbocycles. The average Bonchev–Trinajstić information content (AvgIpc) is 1.56. The Hall–Kier alpha value is -13.8. The number of carbonyl (C=O) groups excluding carboxylic acids is 16. The third-order valence-electron chi connectivity index (χ3n) is 22.6. The predicted molar refractivity (Wildman–Crippen MR) is 508 cm³/mol. The molecule has 7 aromatic rings. The van der Waals surface area contributed by atoms with E-state index in [0.717, 1.165) is 10.8 Å². The molecule has 5 heterocycles. The van der Waals surface area contributed by atoms with Crippen molar-refractivity contribution >= 4 is 117 Å². The summed E-state index contributed by atoms with van der Waals surface area (Å²) in [6.45, 7) is 9.49. The average molecular weight is 1900 g/mol. The van der Waals surface area contributed by atoms with E-state index in [1.165, 1.54) is 79.9 Å². The van der Waals surface area contributed by atoms with Gasteiger partial charge in [-0.05, 0) is 198 Å². The number of likely N-dealkylation sites (tertiary alicyclic amines) is 1. The SMILES string of the molecule is CC(=O)N[C@H](Cc1ccc2ccccc2c1)C(=O)N[C@H](Cc1ccc(Cl)cc1)C(=O)N[C@H](Cc1cccnc1)C(=O)N[C@@H](CO)C(=O)N[C@@H](CCCCNC(=O)c1ccccn1)C(=O)N[C@@H](CCCCNC(=O)CN(C)C(=O)c1ccccn1)C(=O)N[C@H](CCCCNC(=O)c1ccccn1)C(=O)N[C@@H](CC(C)C)C(=O)N[C@@H](CCCCNC(C)C)C(=O)N1CCC[C@H]1C(=O)N[C@H](C)C(N)=O. The number of benzene rings is 3. The van der Waals surface area contributed by atoms with E-state index >= 15 is 33.6 Å². The zero-order valence-electron chi connectivity index (χ0n) is 77.9. The highest BCUT2D eigenvalue weighted by atomic mass is 35.5. The minimum Gasteiger partial charge on any atom is -0.394 e. The molecular weight excluding hydrogens is 1770 g/mol. The second-order valence-electron chi connectivity index (χ2n) is 34.4. The lowest BCUT2D eigenvalue weighted by Gasteiger charge is -2.31. The Labute approximate surface area is 796 Å². The standard InChI is InChI=1S/C97H128ClN21O17/c1-60(2)52-77(90(129)113-76(35-16-17-44-101-61(3)4)97(136)119-51-25-36-82(119)95(134)108-62(5)84(99)123)114-89(128)74(33-14-23-50-107-86(125)71-30-11-19-46-103-71)111-87(126)72(31-12-21-48-105-83(122)58-118(7)96(135)75-34-15-20-47-104-75)110-88(127)73(32-13-22-49-106-85(124)70-29-10-18-45-102-70)112-94(133)81(59-120)117-93(132)80(56-66-26-24-43-100-57-66)116-92(131)79(54-64-38-41-69(98)42-39-64)115-91(130)78(109-63(6)121)55-65-37-40-67-27-8-9-28-68(67)53-65/h8-11,15,18-20,24,26-30,34,37-43,45-47,53,57,60-62,72-74,76-82,101,120H,12-14,16-17,21-23,25,31-33,35-36,44,48-52,54-56,58-59H2,1-7H3,(H2,99,123)(H,105,122)(H,106,124)(H,107,125)(H,108,134)(H,109,121)(H,110,127)(H,111,126)(H,112,133)(H,113,129)(H,114,128)(H,115,130)(H,116,131)(H,117,132)/t62-,72+,73+,74-,76+,77+,78-,79-,80-,81+,82+/m1/s1. The fraction of sp³-hybridized carbons (Fsp3) is 0.464. The normalized spacial score (nSPS) is 14.5. The predicted octanol–water partition coefficient (Wildman–Crippen LogP) is 2.93. The molecule has 136 heavy (non-hydrogen) atoms. The van der Waals surface area contributed by atoms with Crippen LogP contribution in [0, 0.1) is 5.92 Å². The molecule has 0 spiro atoms. The maximum absolute atomic E-state index is 15.6. The molecule has 16 amide bonds. The first-order valence-corrected chi connectivity index (χ1v) is 46.5. The van der Waals surface area contributed by atoms with Crippen LogP contribution in [0.4, 0.5) is 0 Å². The molecule has 1 saturated heterocycles. The molecule has 730 valence electrons. The largest absolute Gasteiger partial charge is 0.394 e. The number of rotatable bonds is 56. The van der Waals surface area contributed by atoms with Crippen LogP contribution in [0.1, 0.15) is 186 Å². The first kappa shape index (κ1) is 108. The molecule has 0 radical (unpaired) electrons. The van der Waals surface area contributed by atoms with Crippen LogP contribution in [-0.2, 0) is 81.6 Å². The summed E-state index contributed by atoms with van der Waals surface area (Å²) in [7, 11) is 1.42. The Morgan fingerprint density at radius 3 is 1.40 bits per heavy atom. The van der Waals surface area contributed by atoms with Crippen LogP contribution >= 0.6 is 11.6 Å². The minimum absolute atomic E-state index is 0.000561. The number of carbonyl (C=O) groups is 16. The quantitative estimate of drug-likeness (QED) is 0.0244. The Morgan fingerprint density at radius 2 is 0.897 bits per heavy atom. The Kier molecular flexibility index (Phi) is 44.6. The first-order chi connectivity index (χ1) is 65.2. The number of pyridine rings is 4. The van der Waals surface area contributed by atoms with Gasteiger partial charge in [0.15, 0.2) is 0 Å². The van der Waals surface area contributed by atoms with Gasteiger partial charge in [0.2, 0.25) is 76.8 Å². The molecule has 1 aliphatic heterocycles. The summed E-state index contributed by atoms with van der Waals surface area (Å²) in [6.07, 6.45) is 8.62. The van der Waals surface area contributed by atoms with Crippen LogP contribution in [0.2, 0.25) is 5.02 Å². The summed E-state index contributed by atoms with van der Waals surface area (Å²) in [5.74, 6) is -12.4. The molecule has 0 saturated carbocycles. The van der Waals surface area contributed by atoms with Gasteiger partial charge in [0, 0.05) is 101 Å². The van der Waals surface area contributed by atoms with Crippen LogP contribution in [0.5, 0.6) is 0 Å². The van der Waals surface area contributed by atoms with Gasteiger partial charge in [0.1, 0.15) is 83.5 Å². The monoisotopic (exact) mass is 1890 g/mol. The van der Waals surface area contributed by atoms with Crippen molar-refractivity contribution in [2.75, 3.05) is 52.9 Å². The second kappa shape index (κ2) is 56.4. The van der Waals surface area contributed by atoms with E-state index < -0.39 is 168 Å². The number of aromatic nitrogens is 4. The van der Waals surface area contributed by atoms with E-state index in [1.54, 1.807) is 86.6 Å². The molecule has 0 aliphatic carbocycles. The van der Waals surface area contributed by atoms with Gasteiger partial charge in [-0.3, -0.25) is 96.6 Å². The van der Waals surface area contributed by atoms with Gasteiger partial charge < -0.3 is 95.1 Å². The van der Waals surface area contributed by atoms with Crippen molar-refractivity contribution in [3.05, 3.63) is 203 Å². The highest BCUT2D eigenvalue weighted by Crippen LogP contribution is 2.23. The van der Waals surface area contributed by atoms with Crippen molar-refractivity contribution in [3.8, 4) is 0 Å². The van der Waals surface area contributed by atoms with E-state index in [0.29, 0.717) is 47.5 Å². The number of halogens is 1. The molecule has 38 nitrogen and oxygen atoms in total. The number of nitrogens with zero attached hydrogens (tertiary/aromatic N) is 6. The zero-order chi connectivity index (χ0) is 98.6. The third kappa shape index (κ3) is 36.6. The van der Waals surface area contributed by atoms with Gasteiger partial charge in [-0.1, -0.05) is 118 Å². The molecule has 0 unspecified atom stereocenters. The number of hydrogen-bond donors (Lipinski definition) is 16. The maximum atomic E-state index is 15.6. The molecule has 17 N–H and O–H groups in total. The highest BCUT2D eigenvalue weighted by Gasteiger charge is 2.41. The van der Waals surface area contributed by atoms with Crippen molar-refractivity contribution in [3.63, 3.8) is 0 Å². The lowest BCUT2D eigenvalue weighted by Crippen LogP contribution is -2.61. The minimum atomic E-state index is -1.91. The van der Waals surface area contributed by atoms with Crippen molar-refractivity contribution in [1.29, 1.82) is 0 Å². The van der Waals surface area contributed by atoms with Crippen LogP contribution in [-0.4, -0.2) is 255 Å². The highest BCUT2D eigenvalue weighted by molar-refractivity contribution is 6.30. The summed E-state index contributed by atoms with van der Waals surface area (Å²) >= 11 is 6.30. The van der Waals surface area contributed by atoms with Crippen molar-refractivity contribution in [2.24, 2.45) is 11.7 Å². The van der Waals surface area contributed by atoms with Gasteiger partial charge in [0.25, 0.3) is 17.7 Å². The summed E-state index contributed by atoms with van der Waals surface area (Å²) in [5, 5.41) is 52.4. The van der Waals surface area contributed by atoms with E-state index in [-0.39, 0.29) is 158 Å². The van der Waals surface area contributed by atoms with E-state index in [9.17, 15) is 48.3 Å². The number of hydrogen-bond acceptors (Lipinski definition) is 22. The topological polar surface area (TPSA) is 546 Å². The molecule has 39 heteroatoms. The Balaban J connectivity index is 1.10. The molecule has 1 fully saturated rings. The van der Waals surface area contributed by atoms with E-state index in [1.807, 2.05) is 56.3 Å². The third-order valence-corrected chi connectivity index (χ3v) is 22.8. The number of nitrogens with two attached hydrogens (primary N) is 1. The van der Waals surface area contributed by atoms with Gasteiger partial charge in [-0.15, -0.1) is 0 Å². The first-order valence-electron chi connectivity index (χ1n) is 46.1. The number of aliphatic hydroxyl groups excluding tert-OH is 1. The van der Waals surface area contributed by atoms with Crippen LogP contribution in [0.3, 0.4) is 0 Å². The molecule has 1 aliphatic rings. The molecule has 4 aromatic heterocycles. The van der Waals surface area contributed by atoms with Gasteiger partial charge >= 0.3 is 0 Å². The summed E-state index contributed by atoms with van der Waals surface area (Å²) in [5.41, 5.74) is 7.44. The van der Waals surface area contributed by atoms with E-state index in [2.05, 4.69) is 94.4 Å². The van der Waals surface area contributed by atoms with Gasteiger partial charge in [-0.2, -0.15) is 0 Å². The zero-order valence-corrected chi connectivity index (χ0v) is 78.6. The van der Waals surface area contributed by atoms with Crippen molar-refractivity contribution in [2.45, 2.75) is 230 Å². The smallest absolute Gasteiger partial charge is 0.272 e. The fourth-order valence-electron chi connectivity index (χ4n) is 15.2. The van der Waals surface area contributed by atoms with Gasteiger partial charge in [0.05, 0.1) is 13.2 Å². The number of amides is 16. The number of primary amides is 1. The van der Waals surface area contributed by atoms with Gasteiger partial charge in [-0.25, -0.2) is 0 Å². The Morgan fingerprint density at radius 1 is 0.456 bits per heavy atom. The van der Waals surface area contributed by atoms with E-state index in [4.69, 9.17) is 17.3 Å². The summed E-state index contributed by atoms with van der Waals surface area (Å²) < 4.78 is 0. The number of fused-ring (bicyclic) bond motifs is 1. The number of nitrogens with one attached hydrogen (secondary N) is 14. The maximum Gasteiger partial charge on any atom is 0.272 e. The lowest BCUT2D eigenvalue weighted by atomic mass is 9.99. The molecule has 0 bridgehead atoms. The number of unbranched alkanes of at least 4 members (excludes halogenated alkanes) is 4. The summed E-state index contributed by atoms with van der Waals surface area (Å²) in [4.78, 5) is 247. The van der Waals surface area contributed by atoms with Crippen LogP contribution < -0.4 is 80.2 Å². The molecule has 11 atom stereocenters. The number of aliphatic hydroxyl groups is 1. The fourth-order valence-corrected chi connectivity index (χ4v) is 15.4. The van der Waals surface area contributed by atoms with Crippen LogP contribution in [0.15, 0.2) is 164 Å². The Bertz CT molecular complexity index is 5150. The van der Waals surface area contributed by atoms with Crippen molar-refractivity contribution < 1.29 is 81.8 Å². The lowest BCUT2D eigenvalue weighted by molar-refractivity contribution is -0.142. The molecule has 8 rings (SSSR count). The van der Waals surface area contributed by atoms with Crippen LogP contribution in [0.25, 0.3) is 10.8 Å². The molecular formula is C97H128ClN21O17. The second-order valence-corrected chi connectivity index (χ2v) is 34.9.